The van der Waals surface area contributed by atoms with Crippen molar-refractivity contribution in [1.82, 2.24) is 9.78 Å². The third-order valence-electron chi connectivity index (χ3n) is 4.04. The Hall–Kier alpha value is -3.42. The van der Waals surface area contributed by atoms with E-state index in [-0.39, 0.29) is 11.6 Å². The molecule has 0 aliphatic carbocycles. The van der Waals surface area contributed by atoms with E-state index in [2.05, 4.69) is 10.4 Å². The largest absolute Gasteiger partial charge is 0.450 e. The summed E-state index contributed by atoms with van der Waals surface area (Å²) in [6.45, 7) is 3.13. The Labute approximate surface area is 154 Å². The first kappa shape index (κ1) is 18.4. The number of carbonyl (C=O) groups is 2. The lowest BCUT2D eigenvalue weighted by Crippen LogP contribution is -2.21. The number of hydrogen-bond donors (Lipinski definition) is 1. The maximum absolute atomic E-state index is 13.0. The average Bonchev–Trinajstić information content (AvgIpc) is 3.22. The molecule has 2 aromatic heterocycles. The number of rotatable bonds is 5. The van der Waals surface area contributed by atoms with Gasteiger partial charge in [-0.2, -0.15) is 5.10 Å². The van der Waals surface area contributed by atoms with E-state index in [0.717, 1.165) is 5.69 Å². The second-order valence-corrected chi connectivity index (χ2v) is 5.96. The number of nitrogens with zero attached hydrogens (tertiary/aromatic N) is 2. The Morgan fingerprint density at radius 3 is 2.52 bits per heavy atom. The Kier molecular flexibility index (Phi) is 5.07. The molecule has 0 bridgehead atoms. The van der Waals surface area contributed by atoms with Gasteiger partial charge in [0, 0.05) is 12.6 Å². The van der Waals surface area contributed by atoms with Gasteiger partial charge in [0.15, 0.2) is 6.61 Å². The molecule has 0 spiro atoms. The normalized spacial score (nSPS) is 10.7. The van der Waals surface area contributed by atoms with Crippen LogP contribution in [0.2, 0.25) is 0 Å². The molecule has 140 valence electrons. The molecule has 0 aliphatic rings. The molecule has 0 unspecified atom stereocenters. The van der Waals surface area contributed by atoms with Crippen LogP contribution >= 0.6 is 0 Å². The quantitative estimate of drug-likeness (QED) is 0.696. The van der Waals surface area contributed by atoms with Gasteiger partial charge in [0.05, 0.1) is 17.1 Å². The molecular weight excluding hydrogens is 353 g/mol. The van der Waals surface area contributed by atoms with E-state index in [1.165, 1.54) is 30.3 Å². The maximum Gasteiger partial charge on any atom is 0.374 e. The first-order chi connectivity index (χ1) is 12.8. The summed E-state index contributed by atoms with van der Waals surface area (Å²) in [5, 5.41) is 6.88. The third-order valence-corrected chi connectivity index (χ3v) is 4.04. The number of halogens is 1. The SMILES string of the molecule is Cc1nn(C)c(C)c1NC(=O)COC(=O)c1ccc(-c2ccc(F)cc2)o1. The van der Waals surface area contributed by atoms with Crippen LogP contribution in [0.1, 0.15) is 21.9 Å². The van der Waals surface area contributed by atoms with E-state index in [4.69, 9.17) is 9.15 Å². The van der Waals surface area contributed by atoms with Crippen molar-refractivity contribution >= 4 is 17.6 Å². The van der Waals surface area contributed by atoms with Crippen molar-refractivity contribution in [2.45, 2.75) is 13.8 Å². The van der Waals surface area contributed by atoms with Crippen molar-refractivity contribution in [1.29, 1.82) is 0 Å². The molecule has 0 radical (unpaired) electrons. The highest BCUT2D eigenvalue weighted by Crippen LogP contribution is 2.23. The lowest BCUT2D eigenvalue weighted by atomic mass is 10.2. The summed E-state index contributed by atoms with van der Waals surface area (Å²) in [5.74, 6) is -1.26. The van der Waals surface area contributed by atoms with Gasteiger partial charge < -0.3 is 14.5 Å². The zero-order valence-electron chi connectivity index (χ0n) is 15.1. The third kappa shape index (κ3) is 4.05. The van der Waals surface area contributed by atoms with Crippen molar-refractivity contribution in [3.05, 3.63) is 59.4 Å². The molecule has 27 heavy (non-hydrogen) atoms. The molecule has 7 nitrogen and oxygen atoms in total. The molecular formula is C19H18FN3O4. The van der Waals surface area contributed by atoms with Gasteiger partial charge in [-0.15, -0.1) is 0 Å². The minimum Gasteiger partial charge on any atom is -0.450 e. The highest BCUT2D eigenvalue weighted by Gasteiger charge is 2.17. The second kappa shape index (κ2) is 7.45. The van der Waals surface area contributed by atoms with Gasteiger partial charge in [-0.1, -0.05) is 0 Å². The average molecular weight is 371 g/mol. The fourth-order valence-electron chi connectivity index (χ4n) is 2.55. The summed E-state index contributed by atoms with van der Waals surface area (Å²) in [7, 11) is 1.77. The number of aryl methyl sites for hydroxylation is 2. The van der Waals surface area contributed by atoms with Crippen LogP contribution in [-0.4, -0.2) is 28.3 Å². The molecule has 1 N–H and O–H groups in total. The Morgan fingerprint density at radius 2 is 1.89 bits per heavy atom. The van der Waals surface area contributed by atoms with Crippen LogP contribution in [0.15, 0.2) is 40.8 Å². The number of aromatic nitrogens is 2. The van der Waals surface area contributed by atoms with E-state index < -0.39 is 18.5 Å². The van der Waals surface area contributed by atoms with Gasteiger partial charge in [-0.05, 0) is 50.2 Å². The number of hydrogen-bond acceptors (Lipinski definition) is 5. The first-order valence-electron chi connectivity index (χ1n) is 8.18. The van der Waals surface area contributed by atoms with Gasteiger partial charge in [-0.25, -0.2) is 9.18 Å². The molecule has 3 rings (SSSR count). The summed E-state index contributed by atoms with van der Waals surface area (Å²) in [6.07, 6.45) is 0. The molecule has 1 aromatic carbocycles. The number of amides is 1. The number of benzene rings is 1. The van der Waals surface area contributed by atoms with Gasteiger partial charge in [-0.3, -0.25) is 9.48 Å². The fourth-order valence-corrected chi connectivity index (χ4v) is 2.55. The Bertz CT molecular complexity index is 989. The van der Waals surface area contributed by atoms with Crippen LogP contribution in [0.25, 0.3) is 11.3 Å². The number of nitrogens with one attached hydrogen (secondary N) is 1. The standard InChI is InChI=1S/C19H18FN3O4/c1-11-18(12(2)23(3)22-11)21-17(24)10-26-19(25)16-9-8-15(27-16)13-4-6-14(20)7-5-13/h4-9H,10H2,1-3H3,(H,21,24). The number of ether oxygens (including phenoxy) is 1. The van der Waals surface area contributed by atoms with Gasteiger partial charge in [0.2, 0.25) is 5.76 Å². The Balaban J connectivity index is 1.59. The molecule has 0 saturated carbocycles. The van der Waals surface area contributed by atoms with E-state index >= 15 is 0 Å². The van der Waals surface area contributed by atoms with Gasteiger partial charge in [0.1, 0.15) is 11.6 Å². The molecule has 0 atom stereocenters. The van der Waals surface area contributed by atoms with Crippen LogP contribution in [0.5, 0.6) is 0 Å². The monoisotopic (exact) mass is 371 g/mol. The molecule has 8 heteroatoms. The van der Waals surface area contributed by atoms with Gasteiger partial charge in [0.25, 0.3) is 5.91 Å². The number of furan rings is 1. The molecule has 0 aliphatic heterocycles. The lowest BCUT2D eigenvalue weighted by Gasteiger charge is -2.06. The van der Waals surface area contributed by atoms with Crippen molar-refractivity contribution in [3.63, 3.8) is 0 Å². The zero-order chi connectivity index (χ0) is 19.6. The smallest absolute Gasteiger partial charge is 0.374 e. The van der Waals surface area contributed by atoms with Crippen LogP contribution in [0, 0.1) is 19.7 Å². The van der Waals surface area contributed by atoms with Crippen molar-refractivity contribution in [3.8, 4) is 11.3 Å². The molecule has 3 aromatic rings. The van der Waals surface area contributed by atoms with Crippen LogP contribution in [0.4, 0.5) is 10.1 Å². The van der Waals surface area contributed by atoms with Gasteiger partial charge >= 0.3 is 5.97 Å². The zero-order valence-corrected chi connectivity index (χ0v) is 15.1. The fraction of sp³-hybridized carbons (Fsp3) is 0.211. The summed E-state index contributed by atoms with van der Waals surface area (Å²) >= 11 is 0. The van der Waals surface area contributed by atoms with Crippen molar-refractivity contribution < 1.29 is 23.1 Å². The molecule has 0 saturated heterocycles. The predicted molar refractivity (Wildman–Crippen MR) is 95.7 cm³/mol. The minimum atomic E-state index is -0.766. The van der Waals surface area contributed by atoms with E-state index in [1.54, 1.807) is 24.7 Å². The second-order valence-electron chi connectivity index (χ2n) is 5.96. The van der Waals surface area contributed by atoms with Crippen LogP contribution in [0.3, 0.4) is 0 Å². The first-order valence-corrected chi connectivity index (χ1v) is 8.18. The summed E-state index contributed by atoms with van der Waals surface area (Å²) < 4.78 is 25.0. The highest BCUT2D eigenvalue weighted by atomic mass is 19.1. The van der Waals surface area contributed by atoms with Crippen molar-refractivity contribution in [2.24, 2.45) is 7.05 Å². The predicted octanol–water partition coefficient (Wildman–Crippen LogP) is 3.23. The van der Waals surface area contributed by atoms with Crippen LogP contribution in [-0.2, 0) is 16.6 Å². The van der Waals surface area contributed by atoms with E-state index in [0.29, 0.717) is 22.7 Å². The van der Waals surface area contributed by atoms with E-state index in [1.807, 2.05) is 6.92 Å². The van der Waals surface area contributed by atoms with E-state index in [9.17, 15) is 14.0 Å². The summed E-state index contributed by atoms with van der Waals surface area (Å²) in [5.41, 5.74) is 2.68. The summed E-state index contributed by atoms with van der Waals surface area (Å²) in [6, 6.07) is 8.68. The number of anilines is 1. The van der Waals surface area contributed by atoms with Crippen LogP contribution < -0.4 is 5.32 Å². The summed E-state index contributed by atoms with van der Waals surface area (Å²) in [4.78, 5) is 24.1. The maximum atomic E-state index is 13.0. The minimum absolute atomic E-state index is 0.0455. The molecule has 2 heterocycles. The Morgan fingerprint density at radius 1 is 1.19 bits per heavy atom. The number of carbonyl (C=O) groups excluding carboxylic acids is 2. The topological polar surface area (TPSA) is 86.4 Å². The lowest BCUT2D eigenvalue weighted by molar-refractivity contribution is -0.119. The highest BCUT2D eigenvalue weighted by molar-refractivity contribution is 5.95. The van der Waals surface area contributed by atoms with Crippen molar-refractivity contribution in [2.75, 3.05) is 11.9 Å². The molecule has 0 fully saturated rings. The molecule has 1 amide bonds. The number of esters is 1.